The summed E-state index contributed by atoms with van der Waals surface area (Å²) in [5.74, 6) is 0.362. The van der Waals surface area contributed by atoms with Gasteiger partial charge in [-0.25, -0.2) is 0 Å². The van der Waals surface area contributed by atoms with Crippen LogP contribution in [0.1, 0.15) is 25.3 Å². The van der Waals surface area contributed by atoms with Gasteiger partial charge in [-0.2, -0.15) is 0 Å². The zero-order valence-electron chi connectivity index (χ0n) is 16.1. The Morgan fingerprint density at radius 1 is 1.11 bits per heavy atom. The first-order valence-electron chi connectivity index (χ1n) is 9.65. The molecule has 148 valence electrons. The lowest BCUT2D eigenvalue weighted by Gasteiger charge is -2.31. The maximum absolute atomic E-state index is 12.4. The molecule has 0 aliphatic carbocycles. The summed E-state index contributed by atoms with van der Waals surface area (Å²) in [4.78, 5) is 26.5. The molecule has 6 heteroatoms. The van der Waals surface area contributed by atoms with Gasteiger partial charge in [0, 0.05) is 19.0 Å². The van der Waals surface area contributed by atoms with Crippen molar-refractivity contribution in [1.82, 2.24) is 4.90 Å². The van der Waals surface area contributed by atoms with Crippen molar-refractivity contribution in [2.45, 2.75) is 26.2 Å². The highest BCUT2D eigenvalue weighted by molar-refractivity contribution is 5.94. The minimum absolute atomic E-state index is 0.000221. The summed E-state index contributed by atoms with van der Waals surface area (Å²) in [6, 6.07) is 14.4. The fourth-order valence-electron chi connectivity index (χ4n) is 3.26. The van der Waals surface area contributed by atoms with E-state index in [2.05, 4.69) is 12.2 Å². The van der Waals surface area contributed by atoms with E-state index in [9.17, 15) is 14.7 Å². The zero-order valence-corrected chi connectivity index (χ0v) is 16.1. The predicted molar refractivity (Wildman–Crippen MR) is 107 cm³/mol. The monoisotopic (exact) mass is 382 g/mol. The number of carbonyl (C=O) groups excluding carboxylic acids is 2. The van der Waals surface area contributed by atoms with Crippen LogP contribution >= 0.6 is 0 Å². The fourth-order valence-corrected chi connectivity index (χ4v) is 3.26. The van der Waals surface area contributed by atoms with Crippen LogP contribution in [0.25, 0.3) is 0 Å². The number of benzene rings is 2. The van der Waals surface area contributed by atoms with Crippen LogP contribution in [0.2, 0.25) is 0 Å². The quantitative estimate of drug-likeness (QED) is 0.752. The lowest BCUT2D eigenvalue weighted by Crippen LogP contribution is -2.43. The molecular weight excluding hydrogens is 356 g/mol. The van der Waals surface area contributed by atoms with Gasteiger partial charge in [-0.3, -0.25) is 9.59 Å². The van der Waals surface area contributed by atoms with E-state index in [4.69, 9.17) is 4.74 Å². The smallest absolute Gasteiger partial charge is 0.260 e. The number of nitrogens with zero attached hydrogens (tertiary/aromatic N) is 1. The number of nitrogens with one attached hydrogen (secondary N) is 1. The molecule has 1 aliphatic heterocycles. The minimum atomic E-state index is -0.175. The number of hydrogen-bond acceptors (Lipinski definition) is 4. The number of hydrogen-bond donors (Lipinski definition) is 2. The van der Waals surface area contributed by atoms with Gasteiger partial charge in [0.2, 0.25) is 5.91 Å². The molecule has 1 heterocycles. The molecule has 28 heavy (non-hydrogen) atoms. The molecule has 6 nitrogen and oxygen atoms in total. The normalized spacial score (nSPS) is 14.5. The standard InChI is InChI=1S/C22H26N2O4/c1-2-16-7-9-18(10-8-16)28-15-21(26)24-13-11-17(12-14-24)22(27)23-19-5-3-4-6-20(19)25/h3-10,17,25H,2,11-15H2,1H3,(H,23,27). The second-order valence-corrected chi connectivity index (χ2v) is 6.95. The number of anilines is 1. The SMILES string of the molecule is CCc1ccc(OCC(=O)N2CCC(C(=O)Nc3ccccc3O)CC2)cc1. The second-order valence-electron chi connectivity index (χ2n) is 6.95. The summed E-state index contributed by atoms with van der Waals surface area (Å²) >= 11 is 0. The molecule has 0 unspecified atom stereocenters. The number of carbonyl (C=O) groups is 2. The molecule has 2 N–H and O–H groups in total. The lowest BCUT2D eigenvalue weighted by atomic mass is 9.95. The van der Waals surface area contributed by atoms with Crippen LogP contribution in [0.4, 0.5) is 5.69 Å². The van der Waals surface area contributed by atoms with E-state index in [1.54, 1.807) is 23.1 Å². The predicted octanol–water partition coefficient (Wildman–Crippen LogP) is 3.21. The first-order valence-corrected chi connectivity index (χ1v) is 9.65. The number of phenols is 1. The average Bonchev–Trinajstić information content (AvgIpc) is 2.74. The summed E-state index contributed by atoms with van der Waals surface area (Å²) in [6.07, 6.45) is 2.15. The van der Waals surface area contributed by atoms with E-state index in [1.165, 1.54) is 11.6 Å². The van der Waals surface area contributed by atoms with Gasteiger partial charge < -0.3 is 20.1 Å². The maximum Gasteiger partial charge on any atom is 0.260 e. The molecule has 2 aromatic carbocycles. The number of aromatic hydroxyl groups is 1. The fraction of sp³-hybridized carbons (Fsp3) is 0.364. The Balaban J connectivity index is 1.44. The van der Waals surface area contributed by atoms with Crippen LogP contribution < -0.4 is 10.1 Å². The highest BCUT2D eigenvalue weighted by atomic mass is 16.5. The Labute approximate surface area is 165 Å². The van der Waals surface area contributed by atoms with Crippen LogP contribution in [0, 0.1) is 5.92 Å². The van der Waals surface area contributed by atoms with Crippen LogP contribution in [0.5, 0.6) is 11.5 Å². The molecule has 0 atom stereocenters. The van der Waals surface area contributed by atoms with Crippen molar-refractivity contribution in [3.8, 4) is 11.5 Å². The van der Waals surface area contributed by atoms with Crippen molar-refractivity contribution >= 4 is 17.5 Å². The summed E-state index contributed by atoms with van der Waals surface area (Å²) < 4.78 is 5.59. The first-order chi connectivity index (χ1) is 13.6. The second kappa shape index (κ2) is 9.26. The van der Waals surface area contributed by atoms with Gasteiger partial charge in [0.1, 0.15) is 11.5 Å². The number of ether oxygens (including phenoxy) is 1. The molecule has 1 fully saturated rings. The van der Waals surface area contributed by atoms with Gasteiger partial charge in [0.15, 0.2) is 6.61 Å². The first kappa shape index (κ1) is 19.7. The van der Waals surface area contributed by atoms with Crippen molar-refractivity contribution in [3.63, 3.8) is 0 Å². The van der Waals surface area contributed by atoms with Crippen LogP contribution in [0.15, 0.2) is 48.5 Å². The molecule has 2 aromatic rings. The number of amides is 2. The average molecular weight is 382 g/mol. The Bertz CT molecular complexity index is 812. The molecule has 1 aliphatic rings. The molecule has 0 spiro atoms. The molecular formula is C22H26N2O4. The third-order valence-electron chi connectivity index (χ3n) is 5.07. The van der Waals surface area contributed by atoms with Gasteiger partial charge in [-0.15, -0.1) is 0 Å². The summed E-state index contributed by atoms with van der Waals surface area (Å²) in [5.41, 5.74) is 1.64. The minimum Gasteiger partial charge on any atom is -0.506 e. The number of phenolic OH excluding ortho intramolecular Hbond substituents is 1. The van der Waals surface area contributed by atoms with Gasteiger partial charge in [0.05, 0.1) is 5.69 Å². The molecule has 0 bridgehead atoms. The van der Waals surface area contributed by atoms with E-state index in [0.717, 1.165) is 6.42 Å². The number of para-hydroxylation sites is 2. The Morgan fingerprint density at radius 2 is 1.79 bits per heavy atom. The van der Waals surface area contributed by atoms with Gasteiger partial charge in [-0.05, 0) is 49.1 Å². The van der Waals surface area contributed by atoms with E-state index in [0.29, 0.717) is 37.4 Å². The van der Waals surface area contributed by atoms with E-state index >= 15 is 0 Å². The van der Waals surface area contributed by atoms with Gasteiger partial charge in [0.25, 0.3) is 5.91 Å². The zero-order chi connectivity index (χ0) is 19.9. The Morgan fingerprint density at radius 3 is 2.43 bits per heavy atom. The third kappa shape index (κ3) is 5.03. The summed E-state index contributed by atoms with van der Waals surface area (Å²) in [5, 5.41) is 12.5. The van der Waals surface area contributed by atoms with Crippen LogP contribution in [-0.4, -0.2) is 41.5 Å². The van der Waals surface area contributed by atoms with Crippen molar-refractivity contribution in [1.29, 1.82) is 0 Å². The summed E-state index contributed by atoms with van der Waals surface area (Å²) in [7, 11) is 0. The van der Waals surface area contributed by atoms with Crippen molar-refractivity contribution in [2.24, 2.45) is 5.92 Å². The highest BCUT2D eigenvalue weighted by Gasteiger charge is 2.27. The third-order valence-corrected chi connectivity index (χ3v) is 5.07. The largest absolute Gasteiger partial charge is 0.506 e. The molecule has 2 amide bonds. The maximum atomic E-state index is 12.4. The number of aryl methyl sites for hydroxylation is 1. The van der Waals surface area contributed by atoms with Crippen molar-refractivity contribution in [3.05, 3.63) is 54.1 Å². The molecule has 1 saturated heterocycles. The molecule has 0 radical (unpaired) electrons. The summed E-state index contributed by atoms with van der Waals surface area (Å²) in [6.45, 7) is 3.14. The molecule has 0 saturated carbocycles. The van der Waals surface area contributed by atoms with Crippen LogP contribution in [-0.2, 0) is 16.0 Å². The topological polar surface area (TPSA) is 78.9 Å². The molecule has 0 aromatic heterocycles. The Hall–Kier alpha value is -3.02. The van der Waals surface area contributed by atoms with Crippen molar-refractivity contribution in [2.75, 3.05) is 25.0 Å². The van der Waals surface area contributed by atoms with Gasteiger partial charge in [-0.1, -0.05) is 31.2 Å². The highest BCUT2D eigenvalue weighted by Crippen LogP contribution is 2.25. The van der Waals surface area contributed by atoms with E-state index < -0.39 is 0 Å². The van der Waals surface area contributed by atoms with Gasteiger partial charge >= 0.3 is 0 Å². The van der Waals surface area contributed by atoms with Crippen LogP contribution in [0.3, 0.4) is 0 Å². The van der Waals surface area contributed by atoms with E-state index in [-0.39, 0.29) is 30.1 Å². The van der Waals surface area contributed by atoms with Crippen molar-refractivity contribution < 1.29 is 19.4 Å². The lowest BCUT2D eigenvalue weighted by molar-refractivity contribution is -0.136. The number of piperidine rings is 1. The molecule has 3 rings (SSSR count). The van der Waals surface area contributed by atoms with E-state index in [1.807, 2.05) is 24.3 Å². The number of likely N-dealkylation sites (tertiary alicyclic amines) is 1. The Kier molecular flexibility index (Phi) is 6.53. The number of rotatable bonds is 6.